The van der Waals surface area contributed by atoms with Gasteiger partial charge in [0.15, 0.2) is 5.82 Å². The largest absolute Gasteiger partial charge is 0.467 e. The van der Waals surface area contributed by atoms with E-state index in [2.05, 4.69) is 30.3 Å². The third kappa shape index (κ3) is 4.93. The topological polar surface area (TPSA) is 106 Å². The van der Waals surface area contributed by atoms with E-state index >= 15 is 0 Å². The standard InChI is InChI=1S/C18H26N6O3/c1-12-14(13(2)27-23-12)7-8-16(25)19-11-15-20-17(22-18(21-15)26-3)24-9-5-4-6-10-24/h4-11H2,1-3H3,(H,19,25). The molecule has 0 saturated carbocycles. The minimum atomic E-state index is -0.0751. The van der Waals surface area contributed by atoms with Crippen LogP contribution in [0.4, 0.5) is 5.95 Å². The number of carbonyl (C=O) groups is 1. The van der Waals surface area contributed by atoms with E-state index in [1.165, 1.54) is 13.5 Å². The summed E-state index contributed by atoms with van der Waals surface area (Å²) in [5, 5.41) is 6.77. The van der Waals surface area contributed by atoms with Crippen molar-refractivity contribution in [2.24, 2.45) is 0 Å². The monoisotopic (exact) mass is 374 g/mol. The van der Waals surface area contributed by atoms with Gasteiger partial charge in [-0.1, -0.05) is 5.16 Å². The molecule has 2 aromatic rings. The van der Waals surface area contributed by atoms with Crippen LogP contribution < -0.4 is 15.0 Å². The number of nitrogens with zero attached hydrogens (tertiary/aromatic N) is 5. The summed E-state index contributed by atoms with van der Waals surface area (Å²) in [5.41, 5.74) is 1.81. The fourth-order valence-corrected chi connectivity index (χ4v) is 3.16. The highest BCUT2D eigenvalue weighted by Crippen LogP contribution is 2.18. The molecule has 1 aliphatic rings. The molecule has 3 rings (SSSR count). The highest BCUT2D eigenvalue weighted by molar-refractivity contribution is 5.76. The minimum Gasteiger partial charge on any atom is -0.467 e. The van der Waals surface area contributed by atoms with Crippen LogP contribution in [0.1, 0.15) is 48.5 Å². The van der Waals surface area contributed by atoms with Crippen LogP contribution in [-0.4, -0.2) is 46.2 Å². The number of methoxy groups -OCH3 is 1. The number of aryl methyl sites for hydroxylation is 2. The summed E-state index contributed by atoms with van der Waals surface area (Å²) < 4.78 is 10.3. The summed E-state index contributed by atoms with van der Waals surface area (Å²) in [6.07, 6.45) is 4.42. The number of rotatable bonds is 7. The number of piperidine rings is 1. The number of nitrogens with one attached hydrogen (secondary N) is 1. The highest BCUT2D eigenvalue weighted by atomic mass is 16.5. The van der Waals surface area contributed by atoms with Crippen molar-refractivity contribution >= 4 is 11.9 Å². The molecule has 1 N–H and O–H groups in total. The highest BCUT2D eigenvalue weighted by Gasteiger charge is 2.17. The van der Waals surface area contributed by atoms with E-state index in [1.807, 2.05) is 13.8 Å². The van der Waals surface area contributed by atoms with Crippen LogP contribution in [0.25, 0.3) is 0 Å². The second kappa shape index (κ2) is 8.79. The van der Waals surface area contributed by atoms with Crippen molar-refractivity contribution in [3.8, 4) is 6.01 Å². The predicted molar refractivity (Wildman–Crippen MR) is 98.6 cm³/mol. The van der Waals surface area contributed by atoms with E-state index in [-0.39, 0.29) is 18.5 Å². The first-order valence-electron chi connectivity index (χ1n) is 9.29. The van der Waals surface area contributed by atoms with Crippen LogP contribution in [0.3, 0.4) is 0 Å². The van der Waals surface area contributed by atoms with E-state index in [4.69, 9.17) is 9.26 Å². The first-order valence-corrected chi connectivity index (χ1v) is 9.29. The molecule has 1 aliphatic heterocycles. The van der Waals surface area contributed by atoms with Crippen LogP contribution in [0.15, 0.2) is 4.52 Å². The molecule has 0 unspecified atom stereocenters. The van der Waals surface area contributed by atoms with Gasteiger partial charge in [0.05, 0.1) is 19.3 Å². The lowest BCUT2D eigenvalue weighted by Crippen LogP contribution is -2.32. The molecule has 9 heteroatoms. The molecule has 1 fully saturated rings. The van der Waals surface area contributed by atoms with Crippen LogP contribution in [0.2, 0.25) is 0 Å². The number of hydrogen-bond donors (Lipinski definition) is 1. The molecule has 0 atom stereocenters. The van der Waals surface area contributed by atoms with Gasteiger partial charge >= 0.3 is 6.01 Å². The summed E-state index contributed by atoms with van der Waals surface area (Å²) in [7, 11) is 1.53. The lowest BCUT2D eigenvalue weighted by atomic mass is 10.1. The third-order valence-electron chi connectivity index (χ3n) is 4.70. The average Bonchev–Trinajstić information content (AvgIpc) is 3.02. The zero-order chi connectivity index (χ0) is 19.2. The molecule has 0 spiro atoms. The van der Waals surface area contributed by atoms with Gasteiger partial charge in [-0.25, -0.2) is 0 Å². The van der Waals surface area contributed by atoms with Gasteiger partial charge in [0.25, 0.3) is 0 Å². The minimum absolute atomic E-state index is 0.0751. The van der Waals surface area contributed by atoms with Gasteiger partial charge in [0.1, 0.15) is 5.76 Å². The Labute approximate surface area is 158 Å². The normalized spacial score (nSPS) is 14.3. The summed E-state index contributed by atoms with van der Waals surface area (Å²) in [6.45, 7) is 5.82. The summed E-state index contributed by atoms with van der Waals surface area (Å²) >= 11 is 0. The average molecular weight is 374 g/mol. The number of ether oxygens (including phenoxy) is 1. The Morgan fingerprint density at radius 2 is 1.96 bits per heavy atom. The first-order chi connectivity index (χ1) is 13.1. The molecule has 27 heavy (non-hydrogen) atoms. The van der Waals surface area contributed by atoms with Crippen molar-refractivity contribution in [1.29, 1.82) is 0 Å². The molecule has 3 heterocycles. The molecule has 0 aromatic carbocycles. The predicted octanol–water partition coefficient (Wildman–Crippen LogP) is 1.72. The van der Waals surface area contributed by atoms with Gasteiger partial charge in [0.2, 0.25) is 11.9 Å². The molecule has 9 nitrogen and oxygen atoms in total. The Kier molecular flexibility index (Phi) is 6.20. The Hall–Kier alpha value is -2.71. The van der Waals surface area contributed by atoms with E-state index in [0.717, 1.165) is 42.9 Å². The molecule has 0 radical (unpaired) electrons. The maximum atomic E-state index is 12.2. The Balaban J connectivity index is 1.58. The van der Waals surface area contributed by atoms with Gasteiger partial charge < -0.3 is 19.5 Å². The second-order valence-electron chi connectivity index (χ2n) is 6.67. The fraction of sp³-hybridized carbons (Fsp3) is 0.611. The Morgan fingerprint density at radius 1 is 1.19 bits per heavy atom. The zero-order valence-electron chi connectivity index (χ0n) is 16.1. The smallest absolute Gasteiger partial charge is 0.321 e. The zero-order valence-corrected chi connectivity index (χ0v) is 16.1. The Bertz CT molecular complexity index is 766. The van der Waals surface area contributed by atoms with Crippen LogP contribution in [0, 0.1) is 13.8 Å². The van der Waals surface area contributed by atoms with Crippen molar-refractivity contribution in [1.82, 2.24) is 25.4 Å². The number of aromatic nitrogens is 4. The maximum absolute atomic E-state index is 12.2. The van der Waals surface area contributed by atoms with Crippen molar-refractivity contribution in [2.45, 2.75) is 52.5 Å². The third-order valence-corrected chi connectivity index (χ3v) is 4.70. The Morgan fingerprint density at radius 3 is 2.63 bits per heavy atom. The lowest BCUT2D eigenvalue weighted by molar-refractivity contribution is -0.121. The van der Waals surface area contributed by atoms with Gasteiger partial charge in [-0.2, -0.15) is 15.0 Å². The van der Waals surface area contributed by atoms with Gasteiger partial charge in [-0.05, 0) is 39.5 Å². The van der Waals surface area contributed by atoms with Gasteiger partial charge in [-0.3, -0.25) is 4.79 Å². The van der Waals surface area contributed by atoms with Crippen LogP contribution in [-0.2, 0) is 17.8 Å². The van der Waals surface area contributed by atoms with Crippen LogP contribution >= 0.6 is 0 Å². The number of hydrogen-bond acceptors (Lipinski definition) is 8. The second-order valence-corrected chi connectivity index (χ2v) is 6.67. The van der Waals surface area contributed by atoms with Gasteiger partial charge in [-0.15, -0.1) is 0 Å². The molecule has 146 valence electrons. The summed E-state index contributed by atoms with van der Waals surface area (Å²) in [4.78, 5) is 27.4. The molecule has 0 aliphatic carbocycles. The van der Waals surface area contributed by atoms with Crippen molar-refractivity contribution in [2.75, 3.05) is 25.1 Å². The molecular formula is C18H26N6O3. The fourth-order valence-electron chi connectivity index (χ4n) is 3.16. The summed E-state index contributed by atoms with van der Waals surface area (Å²) in [6, 6.07) is 0.269. The van der Waals surface area contributed by atoms with E-state index < -0.39 is 0 Å². The number of amides is 1. The summed E-state index contributed by atoms with van der Waals surface area (Å²) in [5.74, 6) is 1.79. The lowest BCUT2D eigenvalue weighted by Gasteiger charge is -2.26. The van der Waals surface area contributed by atoms with Gasteiger partial charge in [0, 0.05) is 25.1 Å². The number of carbonyl (C=O) groups excluding carboxylic acids is 1. The van der Waals surface area contributed by atoms with Crippen molar-refractivity contribution in [3.05, 3.63) is 22.8 Å². The van der Waals surface area contributed by atoms with Crippen LogP contribution in [0.5, 0.6) is 6.01 Å². The molecule has 0 bridgehead atoms. The molecule has 1 saturated heterocycles. The van der Waals surface area contributed by atoms with E-state index in [0.29, 0.717) is 24.6 Å². The number of anilines is 1. The van der Waals surface area contributed by atoms with Crippen molar-refractivity contribution in [3.63, 3.8) is 0 Å². The quantitative estimate of drug-likeness (QED) is 0.781. The molecule has 1 amide bonds. The van der Waals surface area contributed by atoms with E-state index in [1.54, 1.807) is 0 Å². The maximum Gasteiger partial charge on any atom is 0.321 e. The van der Waals surface area contributed by atoms with Crippen molar-refractivity contribution < 1.29 is 14.1 Å². The molecule has 2 aromatic heterocycles. The molecular weight excluding hydrogens is 348 g/mol. The first kappa shape index (κ1) is 19.1. The SMILES string of the molecule is COc1nc(CNC(=O)CCc2c(C)noc2C)nc(N2CCCCC2)n1. The van der Waals surface area contributed by atoms with E-state index in [9.17, 15) is 4.79 Å².